The van der Waals surface area contributed by atoms with Crippen molar-refractivity contribution >= 4 is 42.4 Å². The molecule has 0 amide bonds. The van der Waals surface area contributed by atoms with Crippen molar-refractivity contribution in [2.45, 2.75) is 39.5 Å². The van der Waals surface area contributed by atoms with E-state index in [-0.39, 0.29) is 33.0 Å². The van der Waals surface area contributed by atoms with Gasteiger partial charge in [0, 0.05) is 5.75 Å². The van der Waals surface area contributed by atoms with Crippen molar-refractivity contribution in [2.24, 2.45) is 0 Å². The van der Waals surface area contributed by atoms with Gasteiger partial charge in [0.1, 0.15) is 0 Å². The average molecular weight is 340 g/mol. The Morgan fingerprint density at radius 1 is 1.27 bits per heavy atom. The third-order valence-corrected chi connectivity index (χ3v) is 5.92. The van der Waals surface area contributed by atoms with E-state index < -0.39 is 5.69 Å². The molecule has 2 nitrogen and oxygen atoms in total. The first-order valence-corrected chi connectivity index (χ1v) is 9.00. The van der Waals surface area contributed by atoms with Crippen LogP contribution >= 0.6 is 17.1 Å². The largest absolute Gasteiger partial charge is 2.00 e. The van der Waals surface area contributed by atoms with Crippen molar-refractivity contribution in [3.63, 3.8) is 0 Å². The molecule has 0 saturated carbocycles. The van der Waals surface area contributed by atoms with Crippen LogP contribution in [0.5, 0.6) is 0 Å². The molecule has 0 fully saturated rings. The molecule has 0 spiro atoms. The molecule has 0 aliphatic rings. The van der Waals surface area contributed by atoms with Crippen LogP contribution < -0.4 is 0 Å². The maximum atomic E-state index is 9.63. The first kappa shape index (κ1) is 22.1. The van der Waals surface area contributed by atoms with Crippen LogP contribution in [0.2, 0.25) is 0 Å². The molecule has 1 unspecified atom stereocenters. The summed E-state index contributed by atoms with van der Waals surface area (Å²) in [5.41, 5.74) is -2.50. The van der Waals surface area contributed by atoms with Gasteiger partial charge in [0.2, 0.25) is 5.69 Å². The molecule has 7 heteroatoms. The first-order chi connectivity index (χ1) is 6.12. The quantitative estimate of drug-likeness (QED) is 0.416. The summed E-state index contributed by atoms with van der Waals surface area (Å²) in [6.07, 6.45) is 4.29. The van der Waals surface area contributed by atoms with Gasteiger partial charge in [-0.3, -0.25) is 0 Å². The minimum absolute atomic E-state index is 0. The van der Waals surface area contributed by atoms with E-state index in [1.54, 1.807) is 0 Å². The topological polar surface area (TPSA) is 29.5 Å². The van der Waals surface area contributed by atoms with Gasteiger partial charge in [0.25, 0.3) is 0 Å². The van der Waals surface area contributed by atoms with Crippen LogP contribution in [0.15, 0.2) is 0 Å². The fourth-order valence-electron chi connectivity index (χ4n) is 0.686. The molecular weight excluding hydrogens is 321 g/mol. The van der Waals surface area contributed by atoms with E-state index in [1.807, 2.05) is 0 Å². The summed E-state index contributed by atoms with van der Waals surface area (Å²) in [5.74, 6) is 0.913. The summed E-state index contributed by atoms with van der Waals surface area (Å²) >= 11 is 6.39. The summed E-state index contributed by atoms with van der Waals surface area (Å²) < 4.78 is 5.26. The van der Waals surface area contributed by atoms with Crippen LogP contribution in [0, 0.1) is 0 Å². The maximum Gasteiger partial charge on any atom is 2.00 e. The fourth-order valence-corrected chi connectivity index (χ4v) is 4.19. The molecule has 0 aliphatic heterocycles. The first-order valence-electron chi connectivity index (χ1n) is 4.74. The van der Waals surface area contributed by atoms with Gasteiger partial charge >= 0.3 is 19.5 Å². The van der Waals surface area contributed by atoms with E-state index in [4.69, 9.17) is 16.3 Å². The second-order valence-electron chi connectivity index (χ2n) is 2.84. The van der Waals surface area contributed by atoms with E-state index in [2.05, 4.69) is 13.8 Å². The van der Waals surface area contributed by atoms with Crippen LogP contribution in [-0.4, -0.2) is 17.3 Å². The number of hydrogen-bond acceptors (Lipinski definition) is 3. The third-order valence-electron chi connectivity index (χ3n) is 1.50. The second kappa shape index (κ2) is 14.0. The Labute approximate surface area is 122 Å². The summed E-state index contributed by atoms with van der Waals surface area (Å²) in [7, 11) is 0. The summed E-state index contributed by atoms with van der Waals surface area (Å²) in [4.78, 5) is 9.63. The smallest absolute Gasteiger partial charge is 2.00 e. The van der Waals surface area contributed by atoms with Gasteiger partial charge in [-0.2, -0.15) is 0 Å². The zero-order chi connectivity index (χ0) is 10.2. The molecule has 0 heterocycles. The van der Waals surface area contributed by atoms with Gasteiger partial charge in [0.05, 0.1) is 6.61 Å². The van der Waals surface area contributed by atoms with Gasteiger partial charge in [-0.05, 0) is 24.6 Å². The summed E-state index contributed by atoms with van der Waals surface area (Å²) in [6, 6.07) is 0. The summed E-state index contributed by atoms with van der Waals surface area (Å²) in [5, 5.41) is 0. The molecule has 0 aromatic rings. The molecule has 0 aromatic carbocycles. The molecule has 0 rings (SSSR count). The molecule has 0 bridgehead atoms. The van der Waals surface area contributed by atoms with Crippen LogP contribution in [-0.2, 0) is 49.3 Å². The Morgan fingerprint density at radius 3 is 2.27 bits per heavy atom. The Bertz CT molecular complexity index is 158. The van der Waals surface area contributed by atoms with E-state index in [0.717, 1.165) is 31.4 Å². The predicted octanol–water partition coefficient (Wildman–Crippen LogP) is 3.55. The monoisotopic (exact) mass is 338 g/mol. The van der Waals surface area contributed by atoms with E-state index in [0.29, 0.717) is 6.61 Å². The van der Waals surface area contributed by atoms with Crippen LogP contribution in [0.3, 0.4) is 0 Å². The van der Waals surface area contributed by atoms with Crippen LogP contribution in [0.25, 0.3) is 0 Å². The molecule has 1 N–H and O–H groups in total. The Balaban J connectivity index is -0.000000720. The van der Waals surface area contributed by atoms with E-state index in [9.17, 15) is 4.89 Å². The zero-order valence-electron chi connectivity index (χ0n) is 9.48. The van der Waals surface area contributed by atoms with Gasteiger partial charge in [-0.1, -0.05) is 38.1 Å². The molecule has 0 aliphatic carbocycles. The summed E-state index contributed by atoms with van der Waals surface area (Å²) in [6.45, 7) is 4.82. The van der Waals surface area contributed by atoms with Gasteiger partial charge in [-0.15, -0.1) is 0 Å². The molecule has 0 radical (unpaired) electrons. The van der Waals surface area contributed by atoms with Gasteiger partial charge in [0.15, 0.2) is 0 Å². The number of hydrogen-bond donors (Lipinski definition) is 1. The van der Waals surface area contributed by atoms with Gasteiger partial charge < -0.3 is 22.9 Å². The Kier molecular flexibility index (Phi) is 20.6. The van der Waals surface area contributed by atoms with E-state index >= 15 is 0 Å². The molecule has 88 valence electrons. The van der Waals surface area contributed by atoms with Crippen LogP contribution in [0.1, 0.15) is 39.5 Å². The zero-order valence-corrected chi connectivity index (χ0v) is 15.8. The van der Waals surface area contributed by atoms with E-state index in [1.165, 1.54) is 11.4 Å². The minimum atomic E-state index is -2.50. The Hall–Kier alpha value is 1.89. The molecule has 15 heavy (non-hydrogen) atoms. The molecule has 0 aromatic heterocycles. The minimum Gasteiger partial charge on any atom is -2.00 e. The third kappa shape index (κ3) is 15.9. The van der Waals surface area contributed by atoms with Crippen molar-refractivity contribution in [1.82, 2.24) is 0 Å². The van der Waals surface area contributed by atoms with Crippen molar-refractivity contribution in [3.8, 4) is 0 Å². The number of rotatable bonds is 8. The molecular formula is C8H19O2PS3Zn. The van der Waals surface area contributed by atoms with Crippen LogP contribution in [0.4, 0.5) is 0 Å². The van der Waals surface area contributed by atoms with Crippen molar-refractivity contribution in [3.05, 3.63) is 0 Å². The normalized spacial score (nSPS) is 13.5. The maximum absolute atomic E-state index is 9.63. The van der Waals surface area contributed by atoms with Crippen molar-refractivity contribution in [2.75, 3.05) is 12.4 Å². The second-order valence-corrected chi connectivity index (χ2v) is 9.14. The van der Waals surface area contributed by atoms with Crippen molar-refractivity contribution < 1.29 is 28.9 Å². The van der Waals surface area contributed by atoms with Gasteiger partial charge in [-0.25, -0.2) is 0 Å². The molecule has 1 atom stereocenters. The molecule has 0 saturated heterocycles. The predicted molar refractivity (Wildman–Crippen MR) is 72.1 cm³/mol. The average Bonchev–Trinajstić information content (AvgIpc) is 2.05. The van der Waals surface area contributed by atoms with Crippen molar-refractivity contribution in [1.29, 1.82) is 0 Å². The standard InChI is InChI=1S/C8H19O2PS2.S.Zn/c1-3-5-7-10-11(9,12)13-8-6-4-2;;/h3-8H2,1-2H3,(H,9,12);;/q;-2;+2. The number of unbranched alkanes of at least 4 members (excludes halogenated alkanes) is 2. The Morgan fingerprint density at radius 2 is 1.80 bits per heavy atom. The fraction of sp³-hybridized carbons (Fsp3) is 1.00. The SMILES string of the molecule is CCCCOP(O)(=S)SCCCC.[S-2].[Zn+2].